The van der Waals surface area contributed by atoms with E-state index in [0.717, 1.165) is 33.5 Å². The van der Waals surface area contributed by atoms with E-state index in [1.54, 1.807) is 12.1 Å². The SMILES string of the molecule is O=[N+]([O-])c1ccc(-c2ccc(Cl)cc2)c(COc2ccc(-c3[nH]c4cnccc4c3C3CCCCC3)cc2)c1. The first-order chi connectivity index (χ1) is 19.1. The number of pyridine rings is 1. The van der Waals surface area contributed by atoms with Crippen LogP contribution in [0.15, 0.2) is 85.2 Å². The molecule has 1 aliphatic carbocycles. The highest BCUT2D eigenvalue weighted by molar-refractivity contribution is 6.30. The van der Waals surface area contributed by atoms with E-state index in [1.165, 1.54) is 49.1 Å². The van der Waals surface area contributed by atoms with Crippen molar-refractivity contribution in [3.63, 3.8) is 0 Å². The molecule has 5 aromatic rings. The summed E-state index contributed by atoms with van der Waals surface area (Å²) in [6, 6.07) is 22.5. The van der Waals surface area contributed by atoms with Gasteiger partial charge in [0.2, 0.25) is 0 Å². The molecule has 0 bridgehead atoms. The number of nitro benzene ring substituents is 1. The van der Waals surface area contributed by atoms with Crippen molar-refractivity contribution in [1.82, 2.24) is 9.97 Å². The van der Waals surface area contributed by atoms with Crippen LogP contribution < -0.4 is 4.74 Å². The van der Waals surface area contributed by atoms with Gasteiger partial charge in [0, 0.05) is 34.3 Å². The number of rotatable bonds is 7. The molecule has 0 saturated heterocycles. The Balaban J connectivity index is 1.27. The lowest BCUT2D eigenvalue weighted by atomic mass is 9.82. The van der Waals surface area contributed by atoms with Crippen molar-refractivity contribution in [3.8, 4) is 28.1 Å². The van der Waals surface area contributed by atoms with Gasteiger partial charge in [0.05, 0.1) is 22.3 Å². The van der Waals surface area contributed by atoms with Crippen LogP contribution in [0.3, 0.4) is 0 Å². The fourth-order valence-electron chi connectivity index (χ4n) is 5.71. The Morgan fingerprint density at radius 1 is 0.949 bits per heavy atom. The number of non-ortho nitro benzene ring substituents is 1. The fourth-order valence-corrected chi connectivity index (χ4v) is 5.84. The van der Waals surface area contributed by atoms with E-state index >= 15 is 0 Å². The van der Waals surface area contributed by atoms with Crippen LogP contribution in [0.1, 0.15) is 49.1 Å². The van der Waals surface area contributed by atoms with Gasteiger partial charge in [-0.2, -0.15) is 0 Å². The second-order valence-corrected chi connectivity index (χ2v) is 10.5. The number of nitro groups is 1. The van der Waals surface area contributed by atoms with Gasteiger partial charge in [0.15, 0.2) is 0 Å². The van der Waals surface area contributed by atoms with E-state index < -0.39 is 0 Å². The number of aromatic amines is 1. The number of nitrogens with zero attached hydrogens (tertiary/aromatic N) is 2. The Morgan fingerprint density at radius 3 is 2.44 bits per heavy atom. The maximum absolute atomic E-state index is 11.4. The van der Waals surface area contributed by atoms with Gasteiger partial charge in [-0.05, 0) is 89.5 Å². The van der Waals surface area contributed by atoms with Crippen molar-refractivity contribution in [1.29, 1.82) is 0 Å². The van der Waals surface area contributed by atoms with Crippen molar-refractivity contribution in [3.05, 3.63) is 111 Å². The van der Waals surface area contributed by atoms with Crippen LogP contribution in [0, 0.1) is 10.1 Å². The highest BCUT2D eigenvalue weighted by Gasteiger charge is 2.23. The molecule has 6 nitrogen and oxygen atoms in total. The number of hydrogen-bond acceptors (Lipinski definition) is 4. The molecule has 0 spiro atoms. The first-order valence-corrected chi connectivity index (χ1v) is 13.7. The summed E-state index contributed by atoms with van der Waals surface area (Å²) in [4.78, 5) is 19.0. The maximum atomic E-state index is 11.4. The lowest BCUT2D eigenvalue weighted by Gasteiger charge is -2.23. The quantitative estimate of drug-likeness (QED) is 0.166. The van der Waals surface area contributed by atoms with E-state index in [2.05, 4.69) is 28.2 Å². The molecule has 2 aromatic heterocycles. The maximum Gasteiger partial charge on any atom is 0.269 e. The largest absolute Gasteiger partial charge is 0.489 e. The minimum atomic E-state index is -0.385. The van der Waals surface area contributed by atoms with Crippen molar-refractivity contribution in [2.75, 3.05) is 0 Å². The summed E-state index contributed by atoms with van der Waals surface area (Å²) in [5, 5.41) is 13.3. The predicted molar refractivity (Wildman–Crippen MR) is 155 cm³/mol. The summed E-state index contributed by atoms with van der Waals surface area (Å²) >= 11 is 6.06. The molecule has 2 heterocycles. The lowest BCUT2D eigenvalue weighted by molar-refractivity contribution is -0.384. The molecule has 1 aliphatic rings. The third kappa shape index (κ3) is 5.25. The second kappa shape index (κ2) is 10.9. The van der Waals surface area contributed by atoms with Crippen molar-refractivity contribution in [2.24, 2.45) is 0 Å². The summed E-state index contributed by atoms with van der Waals surface area (Å²) in [5.41, 5.74) is 7.28. The molecular formula is C32H28ClN3O3. The summed E-state index contributed by atoms with van der Waals surface area (Å²) < 4.78 is 6.14. The van der Waals surface area contributed by atoms with Gasteiger partial charge in [-0.25, -0.2) is 0 Å². The van der Waals surface area contributed by atoms with E-state index in [0.29, 0.717) is 16.7 Å². The smallest absolute Gasteiger partial charge is 0.269 e. The van der Waals surface area contributed by atoms with Crippen LogP contribution in [0.5, 0.6) is 5.75 Å². The van der Waals surface area contributed by atoms with Gasteiger partial charge in [-0.1, -0.05) is 43.0 Å². The predicted octanol–water partition coefficient (Wildman–Crippen LogP) is 9.09. The van der Waals surface area contributed by atoms with E-state index in [-0.39, 0.29) is 17.2 Å². The number of nitrogens with one attached hydrogen (secondary N) is 1. The molecule has 1 saturated carbocycles. The van der Waals surface area contributed by atoms with E-state index in [9.17, 15) is 10.1 Å². The summed E-state index contributed by atoms with van der Waals surface area (Å²) in [7, 11) is 0. The number of H-pyrrole nitrogens is 1. The van der Waals surface area contributed by atoms with Crippen LogP contribution in [0.25, 0.3) is 33.3 Å². The third-order valence-corrected chi connectivity index (χ3v) is 7.90. The van der Waals surface area contributed by atoms with Crippen LogP contribution in [-0.2, 0) is 6.61 Å². The third-order valence-electron chi connectivity index (χ3n) is 7.65. The number of fused-ring (bicyclic) bond motifs is 1. The summed E-state index contributed by atoms with van der Waals surface area (Å²) in [6.45, 7) is 0.199. The Bertz CT molecular complexity index is 1620. The molecule has 39 heavy (non-hydrogen) atoms. The van der Waals surface area contributed by atoms with E-state index in [1.807, 2.05) is 48.8 Å². The molecule has 0 unspecified atom stereocenters. The summed E-state index contributed by atoms with van der Waals surface area (Å²) in [6.07, 6.45) is 10.0. The van der Waals surface area contributed by atoms with Gasteiger partial charge in [0.25, 0.3) is 5.69 Å². The van der Waals surface area contributed by atoms with Crippen molar-refractivity contribution < 1.29 is 9.66 Å². The first-order valence-electron chi connectivity index (χ1n) is 13.3. The molecule has 7 heteroatoms. The molecule has 0 aliphatic heterocycles. The lowest BCUT2D eigenvalue weighted by Crippen LogP contribution is -2.05. The van der Waals surface area contributed by atoms with Crippen LogP contribution in [0.2, 0.25) is 5.02 Å². The Labute approximate surface area is 231 Å². The Morgan fingerprint density at radius 2 is 1.69 bits per heavy atom. The molecule has 0 amide bonds. The first kappa shape index (κ1) is 25.1. The van der Waals surface area contributed by atoms with Crippen LogP contribution in [0.4, 0.5) is 5.69 Å². The minimum Gasteiger partial charge on any atom is -0.489 e. The Hall–Kier alpha value is -4.16. The second-order valence-electron chi connectivity index (χ2n) is 10.1. The molecule has 1 N–H and O–H groups in total. The van der Waals surface area contributed by atoms with Gasteiger partial charge in [0.1, 0.15) is 12.4 Å². The monoisotopic (exact) mass is 537 g/mol. The van der Waals surface area contributed by atoms with Gasteiger partial charge >= 0.3 is 0 Å². The molecule has 1 fully saturated rings. The average molecular weight is 538 g/mol. The number of hydrogen-bond donors (Lipinski definition) is 1. The summed E-state index contributed by atoms with van der Waals surface area (Å²) in [5.74, 6) is 1.24. The highest BCUT2D eigenvalue weighted by atomic mass is 35.5. The zero-order valence-corrected chi connectivity index (χ0v) is 22.2. The molecule has 6 rings (SSSR count). The van der Waals surface area contributed by atoms with Gasteiger partial charge in [-0.15, -0.1) is 0 Å². The average Bonchev–Trinajstić information content (AvgIpc) is 3.37. The Kier molecular flexibility index (Phi) is 7.03. The van der Waals surface area contributed by atoms with Gasteiger partial charge in [-0.3, -0.25) is 15.1 Å². The van der Waals surface area contributed by atoms with E-state index in [4.69, 9.17) is 16.3 Å². The number of aromatic nitrogens is 2. The zero-order valence-electron chi connectivity index (χ0n) is 21.4. The minimum absolute atomic E-state index is 0.0326. The van der Waals surface area contributed by atoms with Crippen molar-refractivity contribution in [2.45, 2.75) is 44.6 Å². The zero-order chi connectivity index (χ0) is 26.8. The molecule has 0 radical (unpaired) electrons. The highest BCUT2D eigenvalue weighted by Crippen LogP contribution is 2.42. The van der Waals surface area contributed by atoms with Gasteiger partial charge < -0.3 is 9.72 Å². The number of halogens is 1. The normalized spacial score (nSPS) is 14.0. The van der Waals surface area contributed by atoms with Crippen molar-refractivity contribution >= 4 is 28.2 Å². The molecule has 0 atom stereocenters. The topological polar surface area (TPSA) is 81.0 Å². The number of benzene rings is 3. The van der Waals surface area contributed by atoms with Crippen LogP contribution >= 0.6 is 11.6 Å². The molecule has 3 aromatic carbocycles. The standard InChI is InChI=1S/C32H28ClN3O3/c33-25-10-6-21(7-11-25)28-15-12-26(36(37)38)18-24(28)20-39-27-13-8-23(9-14-27)32-31(22-4-2-1-3-5-22)29-16-17-34-19-30(29)35-32/h6-19,22,35H,1-5,20H2. The molecule has 196 valence electrons. The fraction of sp³-hybridized carbons (Fsp3) is 0.219. The molecular weight excluding hydrogens is 510 g/mol. The number of ether oxygens (including phenoxy) is 1. The van der Waals surface area contributed by atoms with Crippen LogP contribution in [-0.4, -0.2) is 14.9 Å².